The Morgan fingerprint density at radius 3 is 1.92 bits per heavy atom. The maximum absolute atomic E-state index is 10.2. The Morgan fingerprint density at radius 2 is 1.50 bits per heavy atom. The minimum atomic E-state index is 0. The van der Waals surface area contributed by atoms with Crippen LogP contribution in [0.4, 0.5) is 5.69 Å². The Hall–Kier alpha value is -0.00364. The van der Waals surface area contributed by atoms with E-state index in [1.54, 1.807) is 24.3 Å². The Bertz CT molecular complexity index is 242. The Morgan fingerprint density at radius 1 is 1.00 bits per heavy atom. The van der Waals surface area contributed by atoms with Crippen LogP contribution >= 0.6 is 0 Å². The van der Waals surface area contributed by atoms with Crippen LogP contribution in [-0.4, -0.2) is 64.2 Å². The first-order valence-electron chi connectivity index (χ1n) is 3.12. The first-order valence-corrected chi connectivity index (χ1v) is 3.12. The van der Waals surface area contributed by atoms with E-state index in [0.29, 0.717) is 18.5 Å². The molecule has 0 atom stereocenters. The summed E-state index contributed by atoms with van der Waals surface area (Å²) in [6.07, 6.45) is 0.949. The van der Waals surface area contributed by atoms with E-state index in [0.717, 1.165) is 4.90 Å². The second-order valence-corrected chi connectivity index (χ2v) is 1.95. The van der Waals surface area contributed by atoms with Crippen molar-refractivity contribution in [3.8, 4) is 0 Å². The van der Waals surface area contributed by atoms with E-state index in [4.69, 9.17) is 0 Å². The van der Waals surface area contributed by atoms with Crippen LogP contribution in [0.1, 0.15) is 0 Å². The van der Waals surface area contributed by atoms with Crippen LogP contribution in [0.2, 0.25) is 0 Å². The second kappa shape index (κ2) is 6.51. The molecule has 0 aliphatic rings. The van der Waals surface area contributed by atoms with Crippen LogP contribution < -0.4 is 4.90 Å². The van der Waals surface area contributed by atoms with Gasteiger partial charge < -0.3 is 0 Å². The number of anilines is 1. The van der Waals surface area contributed by atoms with E-state index in [-0.39, 0.29) is 51.4 Å². The SMILES string of the molecule is O=CN(C=O)c1ccccc1.[KH]. The predicted octanol–water partition coefficient (Wildman–Crippen LogP) is 0.157. The summed E-state index contributed by atoms with van der Waals surface area (Å²) < 4.78 is 0. The zero-order chi connectivity index (χ0) is 8.10. The van der Waals surface area contributed by atoms with Gasteiger partial charge in [-0.25, -0.2) is 0 Å². The zero-order valence-corrected chi connectivity index (χ0v) is 5.81. The van der Waals surface area contributed by atoms with Gasteiger partial charge in [0.2, 0.25) is 12.8 Å². The van der Waals surface area contributed by atoms with Crippen molar-refractivity contribution in [2.24, 2.45) is 0 Å². The van der Waals surface area contributed by atoms with Crippen molar-refractivity contribution in [3.63, 3.8) is 0 Å². The molecule has 0 bridgehead atoms. The van der Waals surface area contributed by atoms with Gasteiger partial charge >= 0.3 is 51.4 Å². The number of para-hydroxylation sites is 1. The zero-order valence-electron chi connectivity index (χ0n) is 5.81. The van der Waals surface area contributed by atoms with Crippen molar-refractivity contribution >= 4 is 69.9 Å². The number of amides is 2. The van der Waals surface area contributed by atoms with E-state index in [1.165, 1.54) is 0 Å². The molecule has 0 aliphatic heterocycles. The molecule has 1 aromatic carbocycles. The molecule has 0 N–H and O–H groups in total. The van der Waals surface area contributed by atoms with Crippen molar-refractivity contribution in [2.45, 2.75) is 0 Å². The van der Waals surface area contributed by atoms with Crippen LogP contribution in [0.25, 0.3) is 0 Å². The van der Waals surface area contributed by atoms with Gasteiger partial charge in [0.05, 0.1) is 5.69 Å². The number of imide groups is 1. The number of benzene rings is 1. The van der Waals surface area contributed by atoms with E-state index in [1.807, 2.05) is 6.07 Å². The third kappa shape index (κ3) is 3.16. The topological polar surface area (TPSA) is 37.4 Å². The van der Waals surface area contributed by atoms with Gasteiger partial charge in [0.25, 0.3) is 0 Å². The Labute approximate surface area is 113 Å². The average Bonchev–Trinajstić information content (AvgIpc) is 2.09. The summed E-state index contributed by atoms with van der Waals surface area (Å²) >= 11 is 0. The third-order valence-corrected chi connectivity index (χ3v) is 1.28. The van der Waals surface area contributed by atoms with Gasteiger partial charge in [-0.15, -0.1) is 0 Å². The fourth-order valence-electron chi connectivity index (χ4n) is 0.747. The third-order valence-electron chi connectivity index (χ3n) is 1.28. The summed E-state index contributed by atoms with van der Waals surface area (Å²) in [5, 5.41) is 0. The fourth-order valence-corrected chi connectivity index (χ4v) is 0.747. The number of nitrogens with zero attached hydrogens (tertiary/aromatic N) is 1. The van der Waals surface area contributed by atoms with Crippen molar-refractivity contribution in [2.75, 3.05) is 4.90 Å². The molecule has 0 saturated carbocycles. The Kier molecular flexibility index (Phi) is 6.50. The van der Waals surface area contributed by atoms with Crippen LogP contribution in [-0.2, 0) is 9.59 Å². The molecule has 58 valence electrons. The molecule has 0 spiro atoms. The molecule has 0 saturated heterocycles. The average molecular weight is 189 g/mol. The van der Waals surface area contributed by atoms with Crippen molar-refractivity contribution < 1.29 is 9.59 Å². The second-order valence-electron chi connectivity index (χ2n) is 1.95. The summed E-state index contributed by atoms with van der Waals surface area (Å²) in [6, 6.07) is 8.70. The summed E-state index contributed by atoms with van der Waals surface area (Å²) in [5.41, 5.74) is 0.581. The van der Waals surface area contributed by atoms with E-state index in [2.05, 4.69) is 0 Å². The quantitative estimate of drug-likeness (QED) is 0.501. The maximum atomic E-state index is 10.2. The first kappa shape index (κ1) is 12.0. The molecular formula is C8H8KNO2. The standard InChI is InChI=1S/C8H7NO2.K.H/c10-6-9(7-11)8-4-2-1-3-5-8;;/h1-7H;;. The van der Waals surface area contributed by atoms with E-state index >= 15 is 0 Å². The summed E-state index contributed by atoms with van der Waals surface area (Å²) in [7, 11) is 0. The number of hydrogen-bond donors (Lipinski definition) is 0. The number of carbonyl (C=O) groups is 2. The van der Waals surface area contributed by atoms with Gasteiger partial charge in [-0.1, -0.05) is 18.2 Å². The number of carbonyl (C=O) groups excluding carboxylic acids is 2. The summed E-state index contributed by atoms with van der Waals surface area (Å²) in [6.45, 7) is 0. The molecule has 12 heavy (non-hydrogen) atoms. The van der Waals surface area contributed by atoms with E-state index in [9.17, 15) is 9.59 Å². The Balaban J connectivity index is 0.00000121. The summed E-state index contributed by atoms with van der Waals surface area (Å²) in [4.78, 5) is 21.4. The van der Waals surface area contributed by atoms with Crippen molar-refractivity contribution in [1.29, 1.82) is 0 Å². The molecule has 0 unspecified atom stereocenters. The van der Waals surface area contributed by atoms with Gasteiger partial charge in [-0.2, -0.15) is 0 Å². The van der Waals surface area contributed by atoms with Crippen LogP contribution in [0.15, 0.2) is 30.3 Å². The van der Waals surface area contributed by atoms with Crippen LogP contribution in [0.3, 0.4) is 0 Å². The molecule has 0 fully saturated rings. The van der Waals surface area contributed by atoms with Crippen LogP contribution in [0.5, 0.6) is 0 Å². The van der Waals surface area contributed by atoms with Crippen molar-refractivity contribution in [1.82, 2.24) is 0 Å². The fraction of sp³-hybridized carbons (Fsp3) is 0. The number of rotatable bonds is 3. The molecule has 0 aliphatic carbocycles. The van der Waals surface area contributed by atoms with Crippen molar-refractivity contribution in [3.05, 3.63) is 30.3 Å². The molecule has 0 aromatic heterocycles. The molecule has 0 radical (unpaired) electrons. The molecule has 1 rings (SSSR count). The van der Waals surface area contributed by atoms with Gasteiger partial charge in [-0.05, 0) is 12.1 Å². The molecular weight excluding hydrogens is 181 g/mol. The first-order chi connectivity index (χ1) is 5.38. The molecule has 2 amide bonds. The predicted molar refractivity (Wildman–Crippen MR) is 48.2 cm³/mol. The number of hydrogen-bond acceptors (Lipinski definition) is 2. The monoisotopic (exact) mass is 189 g/mol. The molecule has 3 nitrogen and oxygen atoms in total. The minimum absolute atomic E-state index is 0. The van der Waals surface area contributed by atoms with Crippen LogP contribution in [0, 0.1) is 0 Å². The van der Waals surface area contributed by atoms with Gasteiger partial charge in [-0.3, -0.25) is 14.5 Å². The molecule has 4 heteroatoms. The van der Waals surface area contributed by atoms with E-state index < -0.39 is 0 Å². The normalized spacial score (nSPS) is 8.00. The summed E-state index contributed by atoms with van der Waals surface area (Å²) in [5.74, 6) is 0. The molecule has 1 aromatic rings. The molecule has 0 heterocycles. The van der Waals surface area contributed by atoms with Gasteiger partial charge in [0, 0.05) is 0 Å². The van der Waals surface area contributed by atoms with Gasteiger partial charge in [0.1, 0.15) is 0 Å². The van der Waals surface area contributed by atoms with Gasteiger partial charge in [0.15, 0.2) is 0 Å².